The molecule has 0 amide bonds. The highest BCUT2D eigenvalue weighted by Gasteiger charge is 2.33. The number of hydrogen-bond donors (Lipinski definition) is 1. The summed E-state index contributed by atoms with van der Waals surface area (Å²) in [7, 11) is 1.66. The molecule has 2 rings (SSSR count). The van der Waals surface area contributed by atoms with Gasteiger partial charge >= 0.3 is 5.97 Å². The van der Waals surface area contributed by atoms with E-state index in [1.54, 1.807) is 7.11 Å². The Morgan fingerprint density at radius 1 is 1.65 bits per heavy atom. The molecule has 1 N–H and O–H groups in total. The summed E-state index contributed by atoms with van der Waals surface area (Å²) in [5.74, 6) is 0.265. The Morgan fingerprint density at radius 3 is 2.85 bits per heavy atom. The summed E-state index contributed by atoms with van der Waals surface area (Å²) in [5.41, 5.74) is 0.101. The molecule has 1 heterocycles. The zero-order valence-electron chi connectivity index (χ0n) is 11.7. The lowest BCUT2D eigenvalue weighted by molar-refractivity contribution is 0.0696. The fraction of sp³-hybridized carbons (Fsp3) is 0.571. The zero-order valence-corrected chi connectivity index (χ0v) is 12.4. The number of ether oxygens (including phenoxy) is 1. The van der Waals surface area contributed by atoms with Crippen molar-refractivity contribution in [1.82, 2.24) is 4.98 Å². The molecule has 20 heavy (non-hydrogen) atoms. The first-order chi connectivity index (χ1) is 9.54. The van der Waals surface area contributed by atoms with Crippen LogP contribution >= 0.6 is 11.6 Å². The van der Waals surface area contributed by atoms with Crippen molar-refractivity contribution >= 4 is 23.4 Å². The smallest absolute Gasteiger partial charge is 0.337 e. The topological polar surface area (TPSA) is 62.7 Å². The molecule has 1 aromatic heterocycles. The molecular weight excluding hydrogens is 280 g/mol. The standard InChI is InChI=1S/C14H19ClN2O3/c1-9(10-3-4-10)17(5-6-20-2)13-12(15)7-11(8-16-13)14(18)19/h7-10H,3-6H2,1-2H3,(H,18,19). The third-order valence-corrected chi connectivity index (χ3v) is 3.95. The summed E-state index contributed by atoms with van der Waals surface area (Å²) < 4.78 is 5.14. The van der Waals surface area contributed by atoms with Crippen LogP contribution in [-0.2, 0) is 4.74 Å². The molecule has 6 heteroatoms. The Bertz CT molecular complexity index is 491. The Kier molecular flexibility index (Phi) is 4.83. The van der Waals surface area contributed by atoms with Gasteiger partial charge in [0.05, 0.1) is 17.2 Å². The molecule has 1 unspecified atom stereocenters. The average Bonchev–Trinajstić information content (AvgIpc) is 3.24. The number of halogens is 1. The van der Waals surface area contributed by atoms with Gasteiger partial charge in [0.15, 0.2) is 0 Å². The number of carbonyl (C=O) groups is 1. The van der Waals surface area contributed by atoms with E-state index in [1.807, 2.05) is 0 Å². The van der Waals surface area contributed by atoms with Crippen molar-refractivity contribution < 1.29 is 14.6 Å². The molecule has 0 radical (unpaired) electrons. The molecule has 5 nitrogen and oxygen atoms in total. The minimum Gasteiger partial charge on any atom is -0.478 e. The molecule has 0 saturated heterocycles. The van der Waals surface area contributed by atoms with E-state index in [-0.39, 0.29) is 5.56 Å². The third kappa shape index (κ3) is 3.41. The summed E-state index contributed by atoms with van der Waals surface area (Å²) in [6.07, 6.45) is 3.79. The van der Waals surface area contributed by atoms with Crippen LogP contribution in [0.2, 0.25) is 5.02 Å². The highest BCUT2D eigenvalue weighted by Crippen LogP contribution is 2.38. The third-order valence-electron chi connectivity index (χ3n) is 3.67. The van der Waals surface area contributed by atoms with E-state index in [4.69, 9.17) is 21.4 Å². The van der Waals surface area contributed by atoms with Gasteiger partial charge in [-0.25, -0.2) is 9.78 Å². The number of anilines is 1. The number of aromatic nitrogens is 1. The Hall–Kier alpha value is -1.33. The second kappa shape index (κ2) is 6.41. The summed E-state index contributed by atoms with van der Waals surface area (Å²) in [6.45, 7) is 3.42. The number of methoxy groups -OCH3 is 1. The minimum atomic E-state index is -1.02. The predicted molar refractivity (Wildman–Crippen MR) is 77.6 cm³/mol. The number of pyridine rings is 1. The fourth-order valence-electron chi connectivity index (χ4n) is 2.28. The number of rotatable bonds is 7. The Labute approximate surface area is 123 Å². The first-order valence-corrected chi connectivity index (χ1v) is 7.06. The highest BCUT2D eigenvalue weighted by atomic mass is 35.5. The van der Waals surface area contributed by atoms with E-state index in [0.717, 1.165) is 0 Å². The number of carboxylic acid groups (broad SMARTS) is 1. The lowest BCUT2D eigenvalue weighted by atomic mass is 10.1. The van der Waals surface area contributed by atoms with Crippen LogP contribution in [0.1, 0.15) is 30.1 Å². The van der Waals surface area contributed by atoms with Gasteiger partial charge in [-0.2, -0.15) is 0 Å². The van der Waals surface area contributed by atoms with Crippen LogP contribution in [0.25, 0.3) is 0 Å². The van der Waals surface area contributed by atoms with E-state index in [2.05, 4.69) is 16.8 Å². The van der Waals surface area contributed by atoms with Crippen LogP contribution < -0.4 is 4.90 Å². The van der Waals surface area contributed by atoms with Gasteiger partial charge in [-0.1, -0.05) is 11.6 Å². The molecule has 0 bridgehead atoms. The van der Waals surface area contributed by atoms with Crippen LogP contribution in [0, 0.1) is 5.92 Å². The van der Waals surface area contributed by atoms with Crippen molar-refractivity contribution in [3.8, 4) is 0 Å². The first kappa shape index (κ1) is 15.1. The highest BCUT2D eigenvalue weighted by molar-refractivity contribution is 6.33. The number of carboxylic acids is 1. The molecule has 0 spiro atoms. The van der Waals surface area contributed by atoms with E-state index < -0.39 is 5.97 Å². The normalized spacial score (nSPS) is 15.9. The number of aromatic carboxylic acids is 1. The van der Waals surface area contributed by atoms with Gasteiger partial charge < -0.3 is 14.7 Å². The van der Waals surface area contributed by atoms with Crippen LogP contribution in [0.15, 0.2) is 12.3 Å². The van der Waals surface area contributed by atoms with Gasteiger partial charge in [0.2, 0.25) is 0 Å². The molecule has 1 aromatic rings. The fourth-order valence-corrected chi connectivity index (χ4v) is 2.56. The average molecular weight is 299 g/mol. The molecule has 1 fully saturated rings. The summed E-state index contributed by atoms with van der Waals surface area (Å²) in [5, 5.41) is 9.32. The molecule has 1 aliphatic rings. The van der Waals surface area contributed by atoms with E-state index >= 15 is 0 Å². The molecule has 110 valence electrons. The number of nitrogens with zero attached hydrogens (tertiary/aromatic N) is 2. The lowest BCUT2D eigenvalue weighted by Crippen LogP contribution is -2.38. The molecule has 1 aliphatic carbocycles. The maximum atomic E-state index is 10.9. The minimum absolute atomic E-state index is 0.101. The van der Waals surface area contributed by atoms with Crippen LogP contribution in [0.5, 0.6) is 0 Å². The van der Waals surface area contributed by atoms with E-state index in [9.17, 15) is 4.79 Å². The van der Waals surface area contributed by atoms with Crippen molar-refractivity contribution in [2.45, 2.75) is 25.8 Å². The maximum absolute atomic E-state index is 10.9. The Balaban J connectivity index is 2.25. The molecule has 1 atom stereocenters. The second-order valence-corrected chi connectivity index (χ2v) is 5.51. The summed E-state index contributed by atoms with van der Waals surface area (Å²) >= 11 is 6.21. The monoisotopic (exact) mass is 298 g/mol. The first-order valence-electron chi connectivity index (χ1n) is 6.69. The van der Waals surface area contributed by atoms with Crippen LogP contribution in [0.4, 0.5) is 5.82 Å². The largest absolute Gasteiger partial charge is 0.478 e. The molecular formula is C14H19ClN2O3. The van der Waals surface area contributed by atoms with Gasteiger partial charge in [-0.15, -0.1) is 0 Å². The van der Waals surface area contributed by atoms with Gasteiger partial charge in [0.25, 0.3) is 0 Å². The quantitative estimate of drug-likeness (QED) is 0.838. The van der Waals surface area contributed by atoms with Crippen molar-refractivity contribution in [2.24, 2.45) is 5.92 Å². The van der Waals surface area contributed by atoms with Gasteiger partial charge in [-0.05, 0) is 31.7 Å². The van der Waals surface area contributed by atoms with Gasteiger partial charge in [-0.3, -0.25) is 0 Å². The SMILES string of the molecule is COCCN(c1ncc(C(=O)O)cc1Cl)C(C)C1CC1. The number of hydrogen-bond acceptors (Lipinski definition) is 4. The Morgan fingerprint density at radius 2 is 2.35 bits per heavy atom. The van der Waals surface area contributed by atoms with Crippen LogP contribution in [-0.4, -0.2) is 42.4 Å². The van der Waals surface area contributed by atoms with E-state index in [1.165, 1.54) is 25.1 Å². The van der Waals surface area contributed by atoms with Gasteiger partial charge in [0.1, 0.15) is 5.82 Å². The summed E-state index contributed by atoms with van der Waals surface area (Å²) in [4.78, 5) is 17.3. The maximum Gasteiger partial charge on any atom is 0.337 e. The van der Waals surface area contributed by atoms with Gasteiger partial charge in [0, 0.05) is 25.9 Å². The van der Waals surface area contributed by atoms with Crippen molar-refractivity contribution in [2.75, 3.05) is 25.2 Å². The lowest BCUT2D eigenvalue weighted by Gasteiger charge is -2.31. The molecule has 0 aromatic carbocycles. The van der Waals surface area contributed by atoms with E-state index in [0.29, 0.717) is 36.0 Å². The van der Waals surface area contributed by atoms with Crippen molar-refractivity contribution in [3.05, 3.63) is 22.8 Å². The second-order valence-electron chi connectivity index (χ2n) is 5.10. The predicted octanol–water partition coefficient (Wildman–Crippen LogP) is 2.68. The molecule has 0 aliphatic heterocycles. The van der Waals surface area contributed by atoms with Crippen LogP contribution in [0.3, 0.4) is 0 Å². The van der Waals surface area contributed by atoms with Crippen molar-refractivity contribution in [3.63, 3.8) is 0 Å². The summed E-state index contributed by atoms with van der Waals surface area (Å²) in [6, 6.07) is 1.77. The van der Waals surface area contributed by atoms with Crippen molar-refractivity contribution in [1.29, 1.82) is 0 Å². The zero-order chi connectivity index (χ0) is 14.7. The molecule has 1 saturated carbocycles.